The molecule has 0 radical (unpaired) electrons. The summed E-state index contributed by atoms with van der Waals surface area (Å²) in [4.78, 5) is 12.2. The average molecular weight is 266 g/mol. The summed E-state index contributed by atoms with van der Waals surface area (Å²) < 4.78 is 4.98. The predicted molar refractivity (Wildman–Crippen MR) is 77.7 cm³/mol. The van der Waals surface area contributed by atoms with Crippen molar-refractivity contribution >= 4 is 29.3 Å². The lowest BCUT2D eigenvalue weighted by Gasteiger charge is -2.10. The van der Waals surface area contributed by atoms with Crippen molar-refractivity contribution in [1.29, 1.82) is 0 Å². The summed E-state index contributed by atoms with van der Waals surface area (Å²) in [6, 6.07) is 7.36. The van der Waals surface area contributed by atoms with Crippen molar-refractivity contribution in [3.05, 3.63) is 36.0 Å². The first-order chi connectivity index (χ1) is 8.52. The topological polar surface area (TPSA) is 50.4 Å². The molecule has 0 heterocycles. The smallest absolute Gasteiger partial charge is 0.411 e. The van der Waals surface area contributed by atoms with Gasteiger partial charge in [-0.15, -0.1) is 12.6 Å². The van der Waals surface area contributed by atoms with Crippen molar-refractivity contribution in [2.75, 3.05) is 12.4 Å². The molecule has 0 atom stereocenters. The van der Waals surface area contributed by atoms with E-state index in [2.05, 4.69) is 23.3 Å². The number of anilines is 1. The summed E-state index contributed by atoms with van der Waals surface area (Å²) in [5.74, 6) is 0. The molecule has 1 aromatic rings. The van der Waals surface area contributed by atoms with Crippen LogP contribution in [0.5, 0.6) is 0 Å². The fraction of sp³-hybridized carbons (Fsp3) is 0.308. The van der Waals surface area contributed by atoms with Crippen LogP contribution in [0.1, 0.15) is 19.4 Å². The molecule has 1 aromatic carbocycles. The lowest BCUT2D eigenvalue weighted by molar-refractivity contribution is 0.130. The van der Waals surface area contributed by atoms with Gasteiger partial charge in [0.15, 0.2) is 0 Å². The molecule has 2 N–H and O–H groups in total. The summed E-state index contributed by atoms with van der Waals surface area (Å²) in [6.45, 7) is 3.61. The van der Waals surface area contributed by atoms with Crippen LogP contribution in [0.15, 0.2) is 30.5 Å². The Balaban J connectivity index is 2.66. The van der Waals surface area contributed by atoms with Gasteiger partial charge in [0.05, 0.1) is 6.10 Å². The summed E-state index contributed by atoms with van der Waals surface area (Å²) in [5, 5.41) is 5.56. The second kappa shape index (κ2) is 6.96. The number of hydrogen-bond acceptors (Lipinski definition) is 4. The SMILES string of the molecule is CN/C=C(\S)c1ccc(NC(=O)OC(C)C)cc1. The van der Waals surface area contributed by atoms with Crippen LogP contribution in [-0.2, 0) is 4.74 Å². The molecule has 0 aromatic heterocycles. The highest BCUT2D eigenvalue weighted by atomic mass is 32.1. The number of carbonyl (C=O) groups excluding carboxylic acids is 1. The van der Waals surface area contributed by atoms with E-state index in [-0.39, 0.29) is 6.10 Å². The molecule has 0 saturated carbocycles. The number of benzene rings is 1. The number of hydrogen-bond donors (Lipinski definition) is 3. The zero-order valence-electron chi connectivity index (χ0n) is 10.7. The molecule has 0 aliphatic heterocycles. The number of rotatable bonds is 4. The molecule has 0 spiro atoms. The molecule has 0 aliphatic carbocycles. The number of carbonyl (C=O) groups is 1. The molecule has 4 nitrogen and oxygen atoms in total. The Kier molecular flexibility index (Phi) is 5.58. The molecule has 0 saturated heterocycles. The van der Waals surface area contributed by atoms with E-state index in [0.29, 0.717) is 5.69 Å². The van der Waals surface area contributed by atoms with E-state index in [4.69, 9.17) is 4.74 Å². The molecular formula is C13H18N2O2S. The Hall–Kier alpha value is -1.62. The quantitative estimate of drug-likeness (QED) is 0.734. The van der Waals surface area contributed by atoms with Crippen LogP contribution in [0.2, 0.25) is 0 Å². The molecule has 0 bridgehead atoms. The van der Waals surface area contributed by atoms with Gasteiger partial charge in [-0.05, 0) is 31.5 Å². The van der Waals surface area contributed by atoms with E-state index >= 15 is 0 Å². The zero-order valence-corrected chi connectivity index (χ0v) is 11.6. The van der Waals surface area contributed by atoms with Crippen molar-refractivity contribution in [2.45, 2.75) is 20.0 Å². The van der Waals surface area contributed by atoms with Crippen LogP contribution in [0.3, 0.4) is 0 Å². The third-order valence-corrected chi connectivity index (χ3v) is 2.44. The second-order valence-corrected chi connectivity index (χ2v) is 4.46. The monoisotopic (exact) mass is 266 g/mol. The first-order valence-electron chi connectivity index (χ1n) is 5.67. The van der Waals surface area contributed by atoms with Crippen LogP contribution in [0.4, 0.5) is 10.5 Å². The van der Waals surface area contributed by atoms with E-state index in [1.54, 1.807) is 32.2 Å². The maximum Gasteiger partial charge on any atom is 0.411 e. The highest BCUT2D eigenvalue weighted by Crippen LogP contribution is 2.19. The van der Waals surface area contributed by atoms with Gasteiger partial charge >= 0.3 is 6.09 Å². The van der Waals surface area contributed by atoms with Gasteiger partial charge in [0.1, 0.15) is 0 Å². The van der Waals surface area contributed by atoms with E-state index < -0.39 is 6.09 Å². The summed E-state index contributed by atoms with van der Waals surface area (Å²) in [5.41, 5.74) is 1.66. The van der Waals surface area contributed by atoms with Gasteiger partial charge in [-0.2, -0.15) is 0 Å². The zero-order chi connectivity index (χ0) is 13.5. The molecule has 0 unspecified atom stereocenters. The summed E-state index contributed by atoms with van der Waals surface area (Å²) >= 11 is 4.34. The minimum atomic E-state index is -0.449. The van der Waals surface area contributed by atoms with Crippen molar-refractivity contribution in [2.24, 2.45) is 0 Å². The molecule has 98 valence electrons. The lowest BCUT2D eigenvalue weighted by Crippen LogP contribution is -2.17. The number of nitrogens with one attached hydrogen (secondary N) is 2. The first-order valence-corrected chi connectivity index (χ1v) is 6.12. The van der Waals surface area contributed by atoms with Crippen LogP contribution < -0.4 is 10.6 Å². The van der Waals surface area contributed by atoms with Crippen LogP contribution >= 0.6 is 12.6 Å². The first kappa shape index (κ1) is 14.4. The molecule has 5 heteroatoms. The fourth-order valence-corrected chi connectivity index (χ4v) is 1.58. The summed E-state index contributed by atoms with van der Waals surface area (Å²) in [6.07, 6.45) is 1.21. The van der Waals surface area contributed by atoms with Gasteiger partial charge in [-0.25, -0.2) is 4.79 Å². The molecule has 1 rings (SSSR count). The Labute approximate surface area is 113 Å². The van der Waals surface area contributed by atoms with E-state index in [1.165, 1.54) is 0 Å². The van der Waals surface area contributed by atoms with E-state index in [1.807, 2.05) is 19.2 Å². The molecule has 1 amide bonds. The Morgan fingerprint density at radius 2 is 1.94 bits per heavy atom. The Morgan fingerprint density at radius 1 is 1.33 bits per heavy atom. The van der Waals surface area contributed by atoms with Gasteiger partial charge in [0, 0.05) is 23.8 Å². The second-order valence-electron chi connectivity index (χ2n) is 3.97. The lowest BCUT2D eigenvalue weighted by atomic mass is 10.2. The van der Waals surface area contributed by atoms with Crippen LogP contribution in [-0.4, -0.2) is 19.2 Å². The van der Waals surface area contributed by atoms with Gasteiger partial charge in [0.25, 0.3) is 0 Å². The van der Waals surface area contributed by atoms with Crippen LogP contribution in [0, 0.1) is 0 Å². The van der Waals surface area contributed by atoms with Gasteiger partial charge in [-0.1, -0.05) is 12.1 Å². The van der Waals surface area contributed by atoms with E-state index in [9.17, 15) is 4.79 Å². The van der Waals surface area contributed by atoms with Gasteiger partial charge in [-0.3, -0.25) is 5.32 Å². The fourth-order valence-electron chi connectivity index (χ4n) is 1.31. The molecule has 0 aliphatic rings. The highest BCUT2D eigenvalue weighted by Gasteiger charge is 2.05. The molecule has 18 heavy (non-hydrogen) atoms. The number of amides is 1. The Morgan fingerprint density at radius 3 is 2.44 bits per heavy atom. The van der Waals surface area contributed by atoms with Crippen molar-refractivity contribution in [3.8, 4) is 0 Å². The van der Waals surface area contributed by atoms with Crippen molar-refractivity contribution < 1.29 is 9.53 Å². The largest absolute Gasteiger partial charge is 0.447 e. The minimum Gasteiger partial charge on any atom is -0.447 e. The Bertz CT molecular complexity index is 427. The average Bonchev–Trinajstić information content (AvgIpc) is 2.29. The standard InChI is InChI=1S/C13H18N2O2S/c1-9(2)17-13(16)15-11-6-4-10(5-7-11)12(18)8-14-3/h4-9,14,18H,1-3H3,(H,15,16)/b12-8-. The van der Waals surface area contributed by atoms with Crippen LogP contribution in [0.25, 0.3) is 4.91 Å². The van der Waals surface area contributed by atoms with E-state index in [0.717, 1.165) is 10.5 Å². The normalized spacial score (nSPS) is 11.3. The van der Waals surface area contributed by atoms with Gasteiger partial charge in [0.2, 0.25) is 0 Å². The maximum atomic E-state index is 11.4. The van der Waals surface area contributed by atoms with Crippen molar-refractivity contribution in [1.82, 2.24) is 5.32 Å². The molecular weight excluding hydrogens is 248 g/mol. The predicted octanol–water partition coefficient (Wildman–Crippen LogP) is 3.09. The third-order valence-electron chi connectivity index (χ3n) is 2.05. The molecule has 0 fully saturated rings. The third kappa shape index (κ3) is 4.71. The van der Waals surface area contributed by atoms with Gasteiger partial charge < -0.3 is 10.1 Å². The summed E-state index contributed by atoms with van der Waals surface area (Å²) in [7, 11) is 1.81. The highest BCUT2D eigenvalue weighted by molar-refractivity contribution is 7.90. The number of ether oxygens (including phenoxy) is 1. The van der Waals surface area contributed by atoms with Crippen molar-refractivity contribution in [3.63, 3.8) is 0 Å². The maximum absolute atomic E-state index is 11.4. The number of thiol groups is 1. The minimum absolute atomic E-state index is 0.133.